The number of benzene rings is 1. The van der Waals surface area contributed by atoms with Gasteiger partial charge in [0.05, 0.1) is 5.92 Å². The number of aliphatic carboxylic acids is 1. The molecule has 1 amide bonds. The zero-order valence-corrected chi connectivity index (χ0v) is 13.6. The number of ether oxygens (including phenoxy) is 1. The quantitative estimate of drug-likeness (QED) is 0.879. The molecule has 1 saturated heterocycles. The van der Waals surface area contributed by atoms with Crippen molar-refractivity contribution in [2.75, 3.05) is 19.8 Å². The van der Waals surface area contributed by atoms with Gasteiger partial charge in [-0.2, -0.15) is 0 Å². The van der Waals surface area contributed by atoms with E-state index in [9.17, 15) is 14.7 Å². The largest absolute Gasteiger partial charge is 0.481 e. The molecular weight excluding hydrogens is 310 g/mol. The molecule has 24 heavy (non-hydrogen) atoms. The number of carbonyl (C=O) groups is 2. The van der Waals surface area contributed by atoms with Gasteiger partial charge in [-0.3, -0.25) is 9.59 Å². The van der Waals surface area contributed by atoms with Crippen LogP contribution in [0.3, 0.4) is 0 Å². The summed E-state index contributed by atoms with van der Waals surface area (Å²) in [6.45, 7) is 3.07. The summed E-state index contributed by atoms with van der Waals surface area (Å²) in [7, 11) is 0. The van der Waals surface area contributed by atoms with Gasteiger partial charge in [0.25, 0.3) is 5.91 Å². The molecule has 2 heterocycles. The molecule has 128 valence electrons. The first-order valence-corrected chi connectivity index (χ1v) is 8.15. The van der Waals surface area contributed by atoms with Crippen molar-refractivity contribution >= 4 is 22.8 Å². The van der Waals surface area contributed by atoms with Crippen LogP contribution in [0, 0.1) is 18.8 Å². The third-order valence-corrected chi connectivity index (χ3v) is 4.68. The van der Waals surface area contributed by atoms with Crippen molar-refractivity contribution in [2.24, 2.45) is 11.8 Å². The monoisotopic (exact) mass is 331 g/mol. The molecule has 3 rings (SSSR count). The predicted octanol–water partition coefficient (Wildman–Crippen LogP) is 2.60. The Hall–Kier alpha value is -2.34. The van der Waals surface area contributed by atoms with E-state index in [1.165, 1.54) is 0 Å². The van der Waals surface area contributed by atoms with E-state index < -0.39 is 11.9 Å². The second-order valence-corrected chi connectivity index (χ2v) is 6.16. The normalized spacial score (nSPS) is 16.9. The lowest BCUT2D eigenvalue weighted by Crippen LogP contribution is -2.39. The van der Waals surface area contributed by atoms with Gasteiger partial charge in [-0.25, -0.2) is 0 Å². The predicted molar refractivity (Wildman–Crippen MR) is 88.0 cm³/mol. The van der Waals surface area contributed by atoms with E-state index >= 15 is 0 Å². The fourth-order valence-corrected chi connectivity index (χ4v) is 3.25. The van der Waals surface area contributed by atoms with E-state index in [1.807, 2.05) is 25.1 Å². The first-order chi connectivity index (χ1) is 11.6. The van der Waals surface area contributed by atoms with Crippen LogP contribution in [-0.4, -0.2) is 36.7 Å². The van der Waals surface area contributed by atoms with Gasteiger partial charge in [0, 0.05) is 30.7 Å². The van der Waals surface area contributed by atoms with Crippen molar-refractivity contribution in [2.45, 2.75) is 19.8 Å². The number of para-hydroxylation sites is 1. The zero-order valence-electron chi connectivity index (χ0n) is 13.6. The Morgan fingerprint density at radius 3 is 2.67 bits per heavy atom. The Kier molecular flexibility index (Phi) is 4.85. The summed E-state index contributed by atoms with van der Waals surface area (Å²) < 4.78 is 10.9. The van der Waals surface area contributed by atoms with E-state index in [0.717, 1.165) is 10.9 Å². The maximum Gasteiger partial charge on any atom is 0.308 e. The van der Waals surface area contributed by atoms with Gasteiger partial charge in [-0.05, 0) is 31.7 Å². The maximum absolute atomic E-state index is 12.4. The molecule has 2 N–H and O–H groups in total. The number of rotatable bonds is 5. The van der Waals surface area contributed by atoms with Crippen LogP contribution in [0.4, 0.5) is 0 Å². The highest BCUT2D eigenvalue weighted by atomic mass is 16.5. The minimum absolute atomic E-state index is 0.0216. The molecule has 1 aliphatic rings. The number of fused-ring (bicyclic) bond motifs is 1. The number of aryl methyl sites for hydroxylation is 1. The number of hydrogen-bond donors (Lipinski definition) is 2. The van der Waals surface area contributed by atoms with Crippen LogP contribution >= 0.6 is 0 Å². The Labute approximate surface area is 139 Å². The van der Waals surface area contributed by atoms with Crippen LogP contribution in [0.1, 0.15) is 29.0 Å². The van der Waals surface area contributed by atoms with Crippen molar-refractivity contribution in [3.63, 3.8) is 0 Å². The van der Waals surface area contributed by atoms with Gasteiger partial charge in [0.1, 0.15) is 5.58 Å². The molecule has 1 aromatic carbocycles. The first-order valence-electron chi connectivity index (χ1n) is 8.15. The lowest BCUT2D eigenvalue weighted by molar-refractivity contribution is -0.144. The van der Waals surface area contributed by atoms with Crippen LogP contribution in [0.2, 0.25) is 0 Å². The molecule has 1 unspecified atom stereocenters. The van der Waals surface area contributed by atoms with Gasteiger partial charge in [-0.1, -0.05) is 18.2 Å². The zero-order chi connectivity index (χ0) is 17.1. The fraction of sp³-hybridized carbons (Fsp3) is 0.444. The Morgan fingerprint density at radius 2 is 2.00 bits per heavy atom. The highest BCUT2D eigenvalue weighted by Crippen LogP contribution is 2.26. The molecule has 1 fully saturated rings. The van der Waals surface area contributed by atoms with Crippen molar-refractivity contribution in [3.05, 3.63) is 35.6 Å². The van der Waals surface area contributed by atoms with E-state index in [2.05, 4.69) is 5.32 Å². The lowest BCUT2D eigenvalue weighted by Gasteiger charge is -2.27. The molecule has 6 heteroatoms. The second-order valence-electron chi connectivity index (χ2n) is 6.16. The van der Waals surface area contributed by atoms with Gasteiger partial charge >= 0.3 is 5.97 Å². The average Bonchev–Trinajstić information content (AvgIpc) is 2.93. The number of hydrogen-bond acceptors (Lipinski definition) is 4. The van der Waals surface area contributed by atoms with Crippen LogP contribution in [0.25, 0.3) is 11.0 Å². The molecule has 1 aliphatic heterocycles. The van der Waals surface area contributed by atoms with Crippen LogP contribution in [0.15, 0.2) is 28.7 Å². The van der Waals surface area contributed by atoms with Crippen LogP contribution in [-0.2, 0) is 9.53 Å². The Morgan fingerprint density at radius 1 is 1.29 bits per heavy atom. The van der Waals surface area contributed by atoms with Crippen LogP contribution in [0.5, 0.6) is 0 Å². The van der Waals surface area contributed by atoms with Crippen molar-refractivity contribution in [1.82, 2.24) is 5.32 Å². The van der Waals surface area contributed by atoms with Gasteiger partial charge in [0.15, 0.2) is 5.76 Å². The maximum atomic E-state index is 12.4. The number of carbonyl (C=O) groups excluding carboxylic acids is 1. The highest BCUT2D eigenvalue weighted by Gasteiger charge is 2.30. The molecule has 1 atom stereocenters. The second kappa shape index (κ2) is 7.05. The Bertz CT molecular complexity index is 745. The smallest absolute Gasteiger partial charge is 0.308 e. The number of furan rings is 1. The molecule has 0 aliphatic carbocycles. The SMILES string of the molecule is Cc1c(C(=O)NCC(C(=O)O)C2CCOCC2)oc2ccccc12. The third-order valence-electron chi connectivity index (χ3n) is 4.68. The van der Waals surface area contributed by atoms with E-state index in [-0.39, 0.29) is 24.1 Å². The minimum Gasteiger partial charge on any atom is -0.481 e. The van der Waals surface area contributed by atoms with Gasteiger partial charge < -0.3 is 19.6 Å². The highest BCUT2D eigenvalue weighted by molar-refractivity contribution is 5.99. The summed E-state index contributed by atoms with van der Waals surface area (Å²) in [6.07, 6.45) is 1.41. The average molecular weight is 331 g/mol. The van der Waals surface area contributed by atoms with Gasteiger partial charge in [0.2, 0.25) is 0 Å². The molecule has 6 nitrogen and oxygen atoms in total. The molecule has 0 radical (unpaired) electrons. The summed E-state index contributed by atoms with van der Waals surface area (Å²) in [5.74, 6) is -1.60. The fourth-order valence-electron chi connectivity index (χ4n) is 3.25. The van der Waals surface area contributed by atoms with Crippen LogP contribution < -0.4 is 5.32 Å². The third kappa shape index (κ3) is 3.28. The minimum atomic E-state index is -0.886. The lowest BCUT2D eigenvalue weighted by atomic mass is 9.86. The molecular formula is C18H21NO5. The summed E-state index contributed by atoms with van der Waals surface area (Å²) >= 11 is 0. The molecule has 2 aromatic rings. The number of carboxylic acid groups (broad SMARTS) is 1. The van der Waals surface area contributed by atoms with E-state index in [4.69, 9.17) is 9.15 Å². The van der Waals surface area contributed by atoms with Gasteiger partial charge in [-0.15, -0.1) is 0 Å². The summed E-state index contributed by atoms with van der Waals surface area (Å²) in [5.41, 5.74) is 1.42. The molecule has 0 bridgehead atoms. The molecule has 1 aromatic heterocycles. The standard InChI is InChI=1S/C18H21NO5/c1-11-13-4-2-3-5-15(13)24-16(11)17(20)19-10-14(18(21)22)12-6-8-23-9-7-12/h2-5,12,14H,6-10H2,1H3,(H,19,20)(H,21,22). The summed E-state index contributed by atoms with van der Waals surface area (Å²) in [6, 6.07) is 7.44. The van der Waals surface area contributed by atoms with Crippen molar-refractivity contribution < 1.29 is 23.8 Å². The number of nitrogens with one attached hydrogen (secondary N) is 1. The van der Waals surface area contributed by atoms with E-state index in [1.54, 1.807) is 6.07 Å². The Balaban J connectivity index is 1.70. The summed E-state index contributed by atoms with van der Waals surface area (Å²) in [4.78, 5) is 24.0. The van der Waals surface area contributed by atoms with E-state index in [0.29, 0.717) is 31.6 Å². The van der Waals surface area contributed by atoms with Crippen molar-refractivity contribution in [1.29, 1.82) is 0 Å². The molecule has 0 saturated carbocycles. The molecule has 0 spiro atoms. The number of amides is 1. The summed E-state index contributed by atoms with van der Waals surface area (Å²) in [5, 5.41) is 13.1. The topological polar surface area (TPSA) is 88.8 Å². The first kappa shape index (κ1) is 16.5. The number of carboxylic acids is 1. The van der Waals surface area contributed by atoms with Crippen molar-refractivity contribution in [3.8, 4) is 0 Å².